The van der Waals surface area contributed by atoms with E-state index in [0.29, 0.717) is 19.0 Å². The summed E-state index contributed by atoms with van der Waals surface area (Å²) in [7, 11) is 0. The normalized spacial score (nSPS) is 14.7. The zero-order valence-corrected chi connectivity index (χ0v) is 14.4. The second-order valence-corrected chi connectivity index (χ2v) is 6.71. The van der Waals surface area contributed by atoms with Crippen molar-refractivity contribution in [1.29, 1.82) is 0 Å². The summed E-state index contributed by atoms with van der Waals surface area (Å²) in [6, 6.07) is 10.2. The molecule has 1 aromatic heterocycles. The molecule has 0 aliphatic heterocycles. The van der Waals surface area contributed by atoms with Crippen molar-refractivity contribution in [1.82, 2.24) is 10.6 Å². The molecule has 0 saturated carbocycles. The Labute approximate surface area is 141 Å². The summed E-state index contributed by atoms with van der Waals surface area (Å²) in [6.45, 7) is 5.75. The molecule has 0 bridgehead atoms. The molecule has 2 atom stereocenters. The smallest absolute Gasteiger partial charge is 0.191 e. The summed E-state index contributed by atoms with van der Waals surface area (Å²) in [4.78, 5) is 5.36. The van der Waals surface area contributed by atoms with E-state index in [2.05, 4.69) is 27.8 Å². The highest BCUT2D eigenvalue weighted by atomic mass is 32.1. The van der Waals surface area contributed by atoms with Crippen LogP contribution in [0.15, 0.2) is 35.3 Å². The largest absolute Gasteiger partial charge is 0.396 e. The Balaban J connectivity index is 1.96. The lowest BCUT2D eigenvalue weighted by molar-refractivity contribution is 0.184. The average molecular weight is 335 g/mol. The number of benzene rings is 1. The SMILES string of the molecule is CCNC(=NCC(C)CO)NCC(O)c1cc2ccccc2s1. The number of guanidine groups is 1. The molecule has 1 heterocycles. The van der Waals surface area contributed by atoms with E-state index in [1.807, 2.05) is 32.0 Å². The third-order valence-electron chi connectivity index (χ3n) is 3.45. The van der Waals surface area contributed by atoms with Gasteiger partial charge in [0, 0.05) is 35.8 Å². The highest BCUT2D eigenvalue weighted by molar-refractivity contribution is 7.19. The van der Waals surface area contributed by atoms with Crippen LogP contribution in [0.2, 0.25) is 0 Å². The summed E-state index contributed by atoms with van der Waals surface area (Å²) >= 11 is 1.61. The number of nitrogens with one attached hydrogen (secondary N) is 2. The Morgan fingerprint density at radius 1 is 1.30 bits per heavy atom. The van der Waals surface area contributed by atoms with Crippen molar-refractivity contribution in [2.75, 3.05) is 26.2 Å². The van der Waals surface area contributed by atoms with Gasteiger partial charge in [0.15, 0.2) is 5.96 Å². The zero-order valence-electron chi connectivity index (χ0n) is 13.6. The lowest BCUT2D eigenvalue weighted by atomic mass is 10.2. The molecule has 0 aliphatic carbocycles. The maximum Gasteiger partial charge on any atom is 0.191 e. The summed E-state index contributed by atoms with van der Waals surface area (Å²) in [5, 5.41) is 26.9. The van der Waals surface area contributed by atoms with Crippen LogP contribution in [0, 0.1) is 5.92 Å². The molecule has 0 radical (unpaired) electrons. The van der Waals surface area contributed by atoms with Crippen molar-refractivity contribution in [2.24, 2.45) is 10.9 Å². The highest BCUT2D eigenvalue weighted by Gasteiger charge is 2.12. The quantitative estimate of drug-likeness (QED) is 0.462. The van der Waals surface area contributed by atoms with Crippen LogP contribution in [0.1, 0.15) is 24.8 Å². The minimum absolute atomic E-state index is 0.118. The predicted octanol–water partition coefficient (Wildman–Crippen LogP) is 2.12. The molecule has 126 valence electrons. The zero-order chi connectivity index (χ0) is 16.7. The van der Waals surface area contributed by atoms with E-state index in [-0.39, 0.29) is 12.5 Å². The molecule has 2 rings (SSSR count). The monoisotopic (exact) mass is 335 g/mol. The molecule has 6 heteroatoms. The molecule has 5 nitrogen and oxygen atoms in total. The number of rotatable bonds is 7. The second kappa shape index (κ2) is 8.86. The fourth-order valence-electron chi connectivity index (χ4n) is 2.11. The number of thiophene rings is 1. The molecule has 0 amide bonds. The van der Waals surface area contributed by atoms with E-state index < -0.39 is 6.10 Å². The average Bonchev–Trinajstić information content (AvgIpc) is 3.00. The Morgan fingerprint density at radius 2 is 2.09 bits per heavy atom. The molecule has 0 aliphatic rings. The summed E-state index contributed by atoms with van der Waals surface area (Å²) in [5.74, 6) is 0.783. The molecule has 0 fully saturated rings. The highest BCUT2D eigenvalue weighted by Crippen LogP contribution is 2.29. The first-order chi connectivity index (χ1) is 11.1. The molecular weight excluding hydrogens is 310 g/mol. The van der Waals surface area contributed by atoms with Crippen molar-refractivity contribution in [3.8, 4) is 0 Å². The van der Waals surface area contributed by atoms with Gasteiger partial charge >= 0.3 is 0 Å². The number of aliphatic hydroxyl groups excluding tert-OH is 2. The van der Waals surface area contributed by atoms with Gasteiger partial charge in [-0.05, 0) is 30.4 Å². The van der Waals surface area contributed by atoms with Crippen LogP contribution in [-0.4, -0.2) is 42.4 Å². The van der Waals surface area contributed by atoms with Crippen LogP contribution in [0.4, 0.5) is 0 Å². The van der Waals surface area contributed by atoms with E-state index in [0.717, 1.165) is 16.8 Å². The minimum atomic E-state index is -0.577. The van der Waals surface area contributed by atoms with Gasteiger partial charge in [-0.2, -0.15) is 0 Å². The summed E-state index contributed by atoms with van der Waals surface area (Å²) in [6.07, 6.45) is -0.577. The maximum absolute atomic E-state index is 10.4. The van der Waals surface area contributed by atoms with Crippen LogP contribution in [0.5, 0.6) is 0 Å². The van der Waals surface area contributed by atoms with E-state index in [9.17, 15) is 5.11 Å². The Kier molecular flexibility index (Phi) is 6.83. The fraction of sp³-hybridized carbons (Fsp3) is 0.471. The molecule has 1 aromatic carbocycles. The predicted molar refractivity (Wildman–Crippen MR) is 97.0 cm³/mol. The van der Waals surface area contributed by atoms with E-state index in [4.69, 9.17) is 5.11 Å². The molecule has 23 heavy (non-hydrogen) atoms. The van der Waals surface area contributed by atoms with Crippen LogP contribution in [0.3, 0.4) is 0 Å². The second-order valence-electron chi connectivity index (χ2n) is 5.59. The van der Waals surface area contributed by atoms with E-state index in [1.54, 1.807) is 11.3 Å². The van der Waals surface area contributed by atoms with E-state index in [1.165, 1.54) is 4.70 Å². The third-order valence-corrected chi connectivity index (χ3v) is 4.67. The number of aliphatic imine (C=N–C) groups is 1. The van der Waals surface area contributed by atoms with Gasteiger partial charge < -0.3 is 20.8 Å². The Hall–Kier alpha value is -1.63. The number of fused-ring (bicyclic) bond motifs is 1. The van der Waals surface area contributed by atoms with Gasteiger partial charge in [-0.15, -0.1) is 11.3 Å². The first kappa shape index (κ1) is 17.7. The number of hydrogen-bond donors (Lipinski definition) is 4. The van der Waals surface area contributed by atoms with Crippen molar-refractivity contribution < 1.29 is 10.2 Å². The van der Waals surface area contributed by atoms with Gasteiger partial charge in [-0.3, -0.25) is 4.99 Å². The first-order valence-corrected chi connectivity index (χ1v) is 8.75. The van der Waals surface area contributed by atoms with Crippen LogP contribution in [0.25, 0.3) is 10.1 Å². The molecule has 0 spiro atoms. The van der Waals surface area contributed by atoms with Gasteiger partial charge in [0.25, 0.3) is 0 Å². The number of hydrogen-bond acceptors (Lipinski definition) is 4. The van der Waals surface area contributed by atoms with Crippen LogP contribution < -0.4 is 10.6 Å². The van der Waals surface area contributed by atoms with Gasteiger partial charge in [-0.1, -0.05) is 25.1 Å². The minimum Gasteiger partial charge on any atom is -0.396 e. The number of nitrogens with zero attached hydrogens (tertiary/aromatic N) is 1. The summed E-state index contributed by atoms with van der Waals surface area (Å²) < 4.78 is 1.18. The lowest BCUT2D eigenvalue weighted by Gasteiger charge is -2.15. The third kappa shape index (κ3) is 5.20. The first-order valence-electron chi connectivity index (χ1n) is 7.93. The Morgan fingerprint density at radius 3 is 2.78 bits per heavy atom. The lowest BCUT2D eigenvalue weighted by Crippen LogP contribution is -2.39. The standard InChI is InChI=1S/C17H25N3O2S/c1-3-18-17(19-9-12(2)11-21)20-10-14(22)16-8-13-6-4-5-7-15(13)23-16/h4-8,12,14,21-22H,3,9-11H2,1-2H3,(H2,18,19,20). The van der Waals surface area contributed by atoms with Gasteiger partial charge in [0.05, 0.1) is 0 Å². The number of aliphatic hydroxyl groups is 2. The molecule has 2 unspecified atom stereocenters. The molecule has 2 aromatic rings. The van der Waals surface area contributed by atoms with Crippen LogP contribution in [-0.2, 0) is 0 Å². The maximum atomic E-state index is 10.4. The van der Waals surface area contributed by atoms with Crippen molar-refractivity contribution in [3.05, 3.63) is 35.2 Å². The summed E-state index contributed by atoms with van der Waals surface area (Å²) in [5.41, 5.74) is 0. The molecular formula is C17H25N3O2S. The molecule has 0 saturated heterocycles. The van der Waals surface area contributed by atoms with Gasteiger partial charge in [0.1, 0.15) is 6.10 Å². The topological polar surface area (TPSA) is 76.9 Å². The van der Waals surface area contributed by atoms with Gasteiger partial charge in [0.2, 0.25) is 0 Å². The fourth-order valence-corrected chi connectivity index (χ4v) is 3.16. The molecule has 4 N–H and O–H groups in total. The van der Waals surface area contributed by atoms with E-state index >= 15 is 0 Å². The van der Waals surface area contributed by atoms with Gasteiger partial charge in [-0.25, -0.2) is 0 Å². The van der Waals surface area contributed by atoms with Crippen molar-refractivity contribution in [3.63, 3.8) is 0 Å². The van der Waals surface area contributed by atoms with Crippen LogP contribution >= 0.6 is 11.3 Å². The Bertz CT molecular complexity index is 609. The van der Waals surface area contributed by atoms with Crippen molar-refractivity contribution in [2.45, 2.75) is 20.0 Å². The van der Waals surface area contributed by atoms with Crippen molar-refractivity contribution >= 4 is 27.4 Å².